The quantitative estimate of drug-likeness (QED) is 0.759. The van der Waals surface area contributed by atoms with E-state index < -0.39 is 0 Å². The Hall–Kier alpha value is -2.67. The second-order valence-corrected chi connectivity index (χ2v) is 6.48. The van der Waals surface area contributed by atoms with E-state index in [4.69, 9.17) is 4.74 Å². The van der Waals surface area contributed by atoms with Crippen LogP contribution in [0.25, 0.3) is 10.2 Å². The molecule has 0 aliphatic heterocycles. The molecule has 3 rings (SSSR count). The number of carbonyl (C=O) groups excluding carboxylic acids is 1. The molecule has 1 amide bonds. The van der Waals surface area contributed by atoms with Gasteiger partial charge in [-0.05, 0) is 50.6 Å². The van der Waals surface area contributed by atoms with Gasteiger partial charge in [-0.3, -0.25) is 14.2 Å². The van der Waals surface area contributed by atoms with Crippen LogP contribution in [0.5, 0.6) is 5.75 Å². The van der Waals surface area contributed by atoms with Crippen LogP contribution in [0, 0.1) is 6.92 Å². The highest BCUT2D eigenvalue weighted by atomic mass is 32.1. The molecule has 0 saturated carbocycles. The summed E-state index contributed by atoms with van der Waals surface area (Å²) < 4.78 is 6.93. The molecule has 2 heterocycles. The third-order valence-electron chi connectivity index (χ3n) is 3.89. The van der Waals surface area contributed by atoms with Gasteiger partial charge >= 0.3 is 0 Å². The smallest absolute Gasteiger partial charge is 0.266 e. The van der Waals surface area contributed by atoms with Crippen molar-refractivity contribution >= 4 is 33.1 Å². The largest absolute Gasteiger partial charge is 0.494 e. The van der Waals surface area contributed by atoms with Gasteiger partial charge in [-0.1, -0.05) is 0 Å². The number of anilines is 1. The zero-order valence-corrected chi connectivity index (χ0v) is 15.1. The number of carbonyl (C=O) groups is 1. The van der Waals surface area contributed by atoms with Crippen LogP contribution in [0.15, 0.2) is 35.4 Å². The monoisotopic (exact) mass is 357 g/mol. The van der Waals surface area contributed by atoms with Crippen molar-refractivity contribution in [3.8, 4) is 5.75 Å². The van der Waals surface area contributed by atoms with E-state index in [9.17, 15) is 9.59 Å². The summed E-state index contributed by atoms with van der Waals surface area (Å²) in [5.41, 5.74) is 1.23. The third kappa shape index (κ3) is 3.28. The molecule has 0 atom stereocenters. The van der Waals surface area contributed by atoms with E-state index in [-0.39, 0.29) is 11.5 Å². The number of hydrogen-bond acceptors (Lipinski definition) is 5. The van der Waals surface area contributed by atoms with Gasteiger partial charge in [0, 0.05) is 12.2 Å². The maximum absolute atomic E-state index is 12.6. The van der Waals surface area contributed by atoms with Gasteiger partial charge in [0.05, 0.1) is 23.2 Å². The Labute approximate surface area is 149 Å². The number of aromatic nitrogens is 2. The van der Waals surface area contributed by atoms with E-state index in [1.54, 1.807) is 31.2 Å². The SMILES string of the molecule is CCOc1ccc(NC(=O)c2sc3ncn(CC)c(=O)c3c2C)cc1. The lowest BCUT2D eigenvalue weighted by Crippen LogP contribution is -2.19. The van der Waals surface area contributed by atoms with Crippen LogP contribution in [0.2, 0.25) is 0 Å². The van der Waals surface area contributed by atoms with Crippen molar-refractivity contribution in [3.63, 3.8) is 0 Å². The molecule has 0 radical (unpaired) electrons. The van der Waals surface area contributed by atoms with Crippen molar-refractivity contribution in [2.45, 2.75) is 27.3 Å². The normalized spacial score (nSPS) is 10.8. The first-order chi connectivity index (χ1) is 12.0. The number of amides is 1. The van der Waals surface area contributed by atoms with Crippen LogP contribution in [0.4, 0.5) is 5.69 Å². The van der Waals surface area contributed by atoms with Crippen molar-refractivity contribution in [1.82, 2.24) is 9.55 Å². The molecule has 0 unspecified atom stereocenters. The summed E-state index contributed by atoms with van der Waals surface area (Å²) in [4.78, 5) is 30.5. The summed E-state index contributed by atoms with van der Waals surface area (Å²) in [7, 11) is 0. The van der Waals surface area contributed by atoms with Gasteiger partial charge in [-0.25, -0.2) is 4.98 Å². The lowest BCUT2D eigenvalue weighted by molar-refractivity contribution is 0.103. The predicted octanol–water partition coefficient (Wildman–Crippen LogP) is 3.44. The molecule has 0 bridgehead atoms. The molecule has 0 saturated heterocycles. The summed E-state index contributed by atoms with van der Waals surface area (Å²) in [6, 6.07) is 7.18. The number of nitrogens with one attached hydrogen (secondary N) is 1. The van der Waals surface area contributed by atoms with E-state index in [0.29, 0.717) is 39.5 Å². The summed E-state index contributed by atoms with van der Waals surface area (Å²) in [6.07, 6.45) is 1.52. The summed E-state index contributed by atoms with van der Waals surface area (Å²) >= 11 is 1.23. The molecule has 7 heteroatoms. The average Bonchev–Trinajstić information content (AvgIpc) is 2.95. The number of nitrogens with zero attached hydrogens (tertiary/aromatic N) is 2. The zero-order valence-electron chi connectivity index (χ0n) is 14.3. The van der Waals surface area contributed by atoms with Crippen molar-refractivity contribution in [3.05, 3.63) is 51.4 Å². The molecular formula is C18H19N3O3S. The fourth-order valence-corrected chi connectivity index (χ4v) is 3.62. The molecule has 25 heavy (non-hydrogen) atoms. The van der Waals surface area contributed by atoms with Gasteiger partial charge in [0.15, 0.2) is 0 Å². The van der Waals surface area contributed by atoms with E-state index in [2.05, 4.69) is 10.3 Å². The number of rotatable bonds is 5. The molecule has 6 nitrogen and oxygen atoms in total. The first-order valence-electron chi connectivity index (χ1n) is 8.07. The van der Waals surface area contributed by atoms with E-state index in [0.717, 1.165) is 5.75 Å². The summed E-state index contributed by atoms with van der Waals surface area (Å²) in [5, 5.41) is 3.38. The molecule has 0 fully saturated rings. The first-order valence-corrected chi connectivity index (χ1v) is 8.89. The fourth-order valence-electron chi connectivity index (χ4n) is 2.59. The van der Waals surface area contributed by atoms with Crippen molar-refractivity contribution in [2.24, 2.45) is 0 Å². The molecule has 0 aliphatic rings. The third-order valence-corrected chi connectivity index (χ3v) is 5.09. The number of ether oxygens (including phenoxy) is 1. The minimum absolute atomic E-state index is 0.110. The molecule has 0 spiro atoms. The second-order valence-electron chi connectivity index (χ2n) is 5.48. The Bertz CT molecular complexity index is 974. The van der Waals surface area contributed by atoms with Gasteiger partial charge in [0.1, 0.15) is 10.6 Å². The first kappa shape index (κ1) is 17.2. The Morgan fingerprint density at radius 2 is 2.00 bits per heavy atom. The number of benzene rings is 1. The summed E-state index contributed by atoms with van der Waals surface area (Å²) in [5.74, 6) is 0.509. The van der Waals surface area contributed by atoms with Crippen LogP contribution >= 0.6 is 11.3 Å². The van der Waals surface area contributed by atoms with Crippen LogP contribution in [-0.4, -0.2) is 22.1 Å². The van der Waals surface area contributed by atoms with Crippen LogP contribution in [0.1, 0.15) is 29.1 Å². The highest BCUT2D eigenvalue weighted by Crippen LogP contribution is 2.27. The molecule has 1 aromatic carbocycles. The Morgan fingerprint density at radius 3 is 2.64 bits per heavy atom. The van der Waals surface area contributed by atoms with Gasteiger partial charge in [0.2, 0.25) is 0 Å². The van der Waals surface area contributed by atoms with Crippen molar-refractivity contribution in [1.29, 1.82) is 0 Å². The second kappa shape index (κ2) is 7.06. The maximum atomic E-state index is 12.6. The highest BCUT2D eigenvalue weighted by molar-refractivity contribution is 7.20. The van der Waals surface area contributed by atoms with Gasteiger partial charge in [0.25, 0.3) is 11.5 Å². The Kier molecular flexibility index (Phi) is 4.85. The number of fused-ring (bicyclic) bond motifs is 1. The molecule has 2 aromatic heterocycles. The van der Waals surface area contributed by atoms with Crippen LogP contribution < -0.4 is 15.6 Å². The molecule has 3 aromatic rings. The van der Waals surface area contributed by atoms with Gasteiger partial charge < -0.3 is 10.1 Å². The Balaban J connectivity index is 1.91. The number of thiophene rings is 1. The lowest BCUT2D eigenvalue weighted by atomic mass is 10.2. The zero-order chi connectivity index (χ0) is 18.0. The predicted molar refractivity (Wildman–Crippen MR) is 99.9 cm³/mol. The standard InChI is InChI=1S/C18H19N3O3S/c1-4-21-10-19-17-14(18(21)23)11(3)15(25-17)16(22)20-12-6-8-13(9-7-12)24-5-2/h6-10H,4-5H2,1-3H3,(H,20,22). The number of hydrogen-bond donors (Lipinski definition) is 1. The van der Waals surface area contributed by atoms with Gasteiger partial charge in [-0.15, -0.1) is 11.3 Å². The molecule has 0 aliphatic carbocycles. The topological polar surface area (TPSA) is 73.2 Å². The minimum atomic E-state index is -0.243. The van der Waals surface area contributed by atoms with Crippen molar-refractivity contribution in [2.75, 3.05) is 11.9 Å². The fraction of sp³-hybridized carbons (Fsp3) is 0.278. The van der Waals surface area contributed by atoms with Crippen LogP contribution in [-0.2, 0) is 6.54 Å². The maximum Gasteiger partial charge on any atom is 0.266 e. The average molecular weight is 357 g/mol. The molecule has 1 N–H and O–H groups in total. The molecule has 130 valence electrons. The van der Waals surface area contributed by atoms with E-state index in [1.807, 2.05) is 13.8 Å². The minimum Gasteiger partial charge on any atom is -0.494 e. The summed E-state index contributed by atoms with van der Waals surface area (Å²) in [6.45, 7) is 6.73. The van der Waals surface area contributed by atoms with Crippen LogP contribution in [0.3, 0.4) is 0 Å². The Morgan fingerprint density at radius 1 is 1.28 bits per heavy atom. The van der Waals surface area contributed by atoms with E-state index in [1.165, 1.54) is 22.2 Å². The number of aryl methyl sites for hydroxylation is 2. The van der Waals surface area contributed by atoms with Crippen molar-refractivity contribution < 1.29 is 9.53 Å². The lowest BCUT2D eigenvalue weighted by Gasteiger charge is -2.06. The van der Waals surface area contributed by atoms with Gasteiger partial charge in [-0.2, -0.15) is 0 Å². The molecular weight excluding hydrogens is 338 g/mol. The highest BCUT2D eigenvalue weighted by Gasteiger charge is 2.19. The van der Waals surface area contributed by atoms with E-state index >= 15 is 0 Å².